The Kier molecular flexibility index (Phi) is 6.56. The molecule has 1 heterocycles. The van der Waals surface area contributed by atoms with Crippen LogP contribution in [-0.4, -0.2) is 29.1 Å². The SMILES string of the molecule is Cc1nn(-c2ccccc2)c(OC(=O)C=Cc2ccccc2)c1S(=O)(=O)c1ccc([N+](=O)[O-])cc1. The normalized spacial score (nSPS) is 11.5. The molecule has 4 rings (SSSR count). The Morgan fingerprint density at radius 2 is 1.57 bits per heavy atom. The summed E-state index contributed by atoms with van der Waals surface area (Å²) >= 11 is 0. The van der Waals surface area contributed by atoms with Gasteiger partial charge in [0.2, 0.25) is 15.7 Å². The first-order valence-corrected chi connectivity index (χ1v) is 11.9. The smallest absolute Gasteiger partial charge is 0.337 e. The van der Waals surface area contributed by atoms with Gasteiger partial charge in [0.1, 0.15) is 0 Å². The molecule has 0 bridgehead atoms. The number of ether oxygens (including phenoxy) is 1. The Morgan fingerprint density at radius 3 is 2.17 bits per heavy atom. The van der Waals surface area contributed by atoms with E-state index in [2.05, 4.69) is 5.10 Å². The molecule has 0 aliphatic heterocycles. The zero-order valence-corrected chi connectivity index (χ0v) is 19.3. The molecule has 0 saturated carbocycles. The molecular weight excluding hydrogens is 470 g/mol. The number of non-ortho nitro benzene ring substituents is 1. The van der Waals surface area contributed by atoms with Crippen molar-refractivity contribution in [2.45, 2.75) is 16.7 Å². The summed E-state index contributed by atoms with van der Waals surface area (Å²) in [5.74, 6) is -1.08. The topological polar surface area (TPSA) is 121 Å². The number of benzene rings is 3. The molecule has 0 fully saturated rings. The molecule has 0 amide bonds. The van der Waals surface area contributed by atoms with Gasteiger partial charge >= 0.3 is 5.97 Å². The Bertz CT molecular complexity index is 1510. The summed E-state index contributed by atoms with van der Waals surface area (Å²) in [7, 11) is -4.25. The van der Waals surface area contributed by atoms with Crippen molar-refractivity contribution in [2.75, 3.05) is 0 Å². The number of esters is 1. The van der Waals surface area contributed by atoms with Crippen molar-refractivity contribution < 1.29 is 22.9 Å². The number of carbonyl (C=O) groups is 1. The van der Waals surface area contributed by atoms with Crippen molar-refractivity contribution in [1.29, 1.82) is 0 Å². The Balaban J connectivity index is 1.80. The number of para-hydroxylation sites is 1. The minimum absolute atomic E-state index is 0.0991. The maximum atomic E-state index is 13.5. The van der Waals surface area contributed by atoms with E-state index in [0.29, 0.717) is 5.69 Å². The molecule has 0 saturated heterocycles. The molecule has 35 heavy (non-hydrogen) atoms. The van der Waals surface area contributed by atoms with Gasteiger partial charge in [-0.05, 0) is 42.8 Å². The lowest BCUT2D eigenvalue weighted by Gasteiger charge is -2.10. The van der Waals surface area contributed by atoms with Crippen LogP contribution in [0.5, 0.6) is 5.88 Å². The van der Waals surface area contributed by atoms with Gasteiger partial charge in [-0.3, -0.25) is 10.1 Å². The second kappa shape index (κ2) is 9.74. The number of aromatic nitrogens is 2. The van der Waals surface area contributed by atoms with Crippen LogP contribution in [0.25, 0.3) is 11.8 Å². The van der Waals surface area contributed by atoms with Crippen LogP contribution in [0.3, 0.4) is 0 Å². The number of hydrogen-bond donors (Lipinski definition) is 0. The van der Waals surface area contributed by atoms with Crippen LogP contribution in [0.2, 0.25) is 0 Å². The highest BCUT2D eigenvalue weighted by molar-refractivity contribution is 7.91. The second-order valence-electron chi connectivity index (χ2n) is 7.39. The lowest BCUT2D eigenvalue weighted by Crippen LogP contribution is -2.12. The van der Waals surface area contributed by atoms with Crippen LogP contribution in [-0.2, 0) is 14.6 Å². The van der Waals surface area contributed by atoms with E-state index in [1.54, 1.807) is 48.5 Å². The minimum Gasteiger partial charge on any atom is -0.403 e. The highest BCUT2D eigenvalue weighted by Gasteiger charge is 2.32. The maximum Gasteiger partial charge on any atom is 0.337 e. The van der Waals surface area contributed by atoms with Crippen molar-refractivity contribution in [3.05, 3.63) is 112 Å². The van der Waals surface area contributed by atoms with E-state index in [1.807, 2.05) is 18.2 Å². The molecule has 1 aromatic heterocycles. The summed E-state index contributed by atoms with van der Waals surface area (Å²) in [5.41, 5.74) is 1.09. The first-order valence-electron chi connectivity index (χ1n) is 10.4. The van der Waals surface area contributed by atoms with Gasteiger partial charge in [-0.2, -0.15) is 9.78 Å². The quantitative estimate of drug-likeness (QED) is 0.162. The average molecular weight is 490 g/mol. The van der Waals surface area contributed by atoms with Gasteiger partial charge in [-0.25, -0.2) is 13.2 Å². The predicted molar refractivity (Wildman–Crippen MR) is 128 cm³/mol. The average Bonchev–Trinajstić information content (AvgIpc) is 3.20. The van der Waals surface area contributed by atoms with Crippen LogP contribution < -0.4 is 4.74 Å². The van der Waals surface area contributed by atoms with Crippen molar-refractivity contribution in [3.8, 4) is 11.6 Å². The van der Waals surface area contributed by atoms with Gasteiger partial charge in [0, 0.05) is 18.2 Å². The van der Waals surface area contributed by atoms with Crippen molar-refractivity contribution >= 4 is 27.6 Å². The maximum absolute atomic E-state index is 13.5. The van der Waals surface area contributed by atoms with E-state index in [9.17, 15) is 23.3 Å². The summed E-state index contributed by atoms with van der Waals surface area (Å²) < 4.78 is 33.8. The molecule has 0 N–H and O–H groups in total. The fourth-order valence-electron chi connectivity index (χ4n) is 3.36. The van der Waals surface area contributed by atoms with Crippen molar-refractivity contribution in [1.82, 2.24) is 9.78 Å². The molecule has 0 unspecified atom stereocenters. The van der Waals surface area contributed by atoms with E-state index < -0.39 is 20.7 Å². The van der Waals surface area contributed by atoms with Crippen molar-refractivity contribution in [3.63, 3.8) is 0 Å². The van der Waals surface area contributed by atoms with Crippen LogP contribution in [0.1, 0.15) is 11.3 Å². The molecule has 0 atom stereocenters. The van der Waals surface area contributed by atoms with Gasteiger partial charge in [0.05, 0.1) is 21.2 Å². The molecule has 0 aliphatic carbocycles. The lowest BCUT2D eigenvalue weighted by molar-refractivity contribution is -0.384. The molecule has 0 aliphatic rings. The van der Waals surface area contributed by atoms with E-state index >= 15 is 0 Å². The number of aryl methyl sites for hydroxylation is 1. The predicted octanol–water partition coefficient (Wildman–Crippen LogP) is 4.54. The number of nitro groups is 1. The molecular formula is C25H19N3O6S. The third-order valence-corrected chi connectivity index (χ3v) is 6.90. The number of hydrogen-bond acceptors (Lipinski definition) is 7. The number of nitrogens with zero attached hydrogens (tertiary/aromatic N) is 3. The van der Waals surface area contributed by atoms with E-state index in [4.69, 9.17) is 4.74 Å². The minimum atomic E-state index is -4.25. The molecule has 10 heteroatoms. The first-order chi connectivity index (χ1) is 16.8. The fraction of sp³-hybridized carbons (Fsp3) is 0.0400. The summed E-state index contributed by atoms with van der Waals surface area (Å²) in [5, 5.41) is 15.3. The third-order valence-electron chi connectivity index (χ3n) is 5.00. The number of carbonyl (C=O) groups excluding carboxylic acids is 1. The largest absolute Gasteiger partial charge is 0.403 e. The number of nitro benzene ring substituents is 1. The summed E-state index contributed by atoms with van der Waals surface area (Å²) in [6, 6.07) is 22.1. The molecule has 0 spiro atoms. The lowest BCUT2D eigenvalue weighted by atomic mass is 10.2. The summed E-state index contributed by atoms with van der Waals surface area (Å²) in [6.07, 6.45) is 2.73. The highest BCUT2D eigenvalue weighted by atomic mass is 32.2. The zero-order chi connectivity index (χ0) is 25.0. The fourth-order valence-corrected chi connectivity index (χ4v) is 4.88. The van der Waals surface area contributed by atoms with Gasteiger partial charge in [-0.15, -0.1) is 0 Å². The molecule has 3 aromatic carbocycles. The monoisotopic (exact) mass is 489 g/mol. The Hall–Kier alpha value is -4.57. The van der Waals surface area contributed by atoms with E-state index in [0.717, 1.165) is 29.8 Å². The van der Waals surface area contributed by atoms with E-state index in [-0.39, 0.29) is 27.1 Å². The van der Waals surface area contributed by atoms with Gasteiger partial charge in [0.25, 0.3) is 5.69 Å². The molecule has 9 nitrogen and oxygen atoms in total. The van der Waals surface area contributed by atoms with Crippen LogP contribution >= 0.6 is 0 Å². The molecule has 0 radical (unpaired) electrons. The van der Waals surface area contributed by atoms with Gasteiger partial charge in [0.15, 0.2) is 4.90 Å². The number of sulfone groups is 1. The van der Waals surface area contributed by atoms with Crippen LogP contribution in [0.4, 0.5) is 5.69 Å². The molecule has 176 valence electrons. The van der Waals surface area contributed by atoms with Crippen LogP contribution in [0, 0.1) is 17.0 Å². The van der Waals surface area contributed by atoms with Gasteiger partial charge in [-0.1, -0.05) is 48.5 Å². The third kappa shape index (κ3) is 5.02. The second-order valence-corrected chi connectivity index (χ2v) is 9.27. The molecule has 4 aromatic rings. The first kappa shape index (κ1) is 23.6. The van der Waals surface area contributed by atoms with E-state index in [1.165, 1.54) is 17.7 Å². The van der Waals surface area contributed by atoms with Gasteiger partial charge < -0.3 is 4.74 Å². The zero-order valence-electron chi connectivity index (χ0n) is 18.4. The Labute approximate surface area is 201 Å². The summed E-state index contributed by atoms with van der Waals surface area (Å²) in [4.78, 5) is 22.5. The standard InChI is InChI=1S/C25H19N3O6S/c1-18-24(35(32,33)22-15-13-21(14-16-22)28(30)31)25(27(26-18)20-10-6-3-7-11-20)34-23(29)17-12-19-8-4-2-5-9-19/h2-17H,1H3. The highest BCUT2D eigenvalue weighted by Crippen LogP contribution is 2.35. The summed E-state index contributed by atoms with van der Waals surface area (Å²) in [6.45, 7) is 1.48. The number of rotatable bonds is 7. The van der Waals surface area contributed by atoms with Crippen LogP contribution in [0.15, 0.2) is 101 Å². The van der Waals surface area contributed by atoms with Crippen molar-refractivity contribution in [2.24, 2.45) is 0 Å². The Morgan fingerprint density at radius 1 is 0.971 bits per heavy atom.